The minimum atomic E-state index is -0.134. The van der Waals surface area contributed by atoms with E-state index in [-0.39, 0.29) is 12.0 Å². The molecule has 0 saturated carbocycles. The van der Waals surface area contributed by atoms with Crippen LogP contribution in [0.1, 0.15) is 5.56 Å². The number of nitrogens with zero attached hydrogens (tertiary/aromatic N) is 1. The third-order valence-corrected chi connectivity index (χ3v) is 2.57. The van der Waals surface area contributed by atoms with Crippen LogP contribution in [0, 0.1) is 0 Å². The number of carbonyl (C=O) groups is 1. The number of carbonyl (C=O) groups excluding carboxylic acids is 1. The maximum atomic E-state index is 11.6. The van der Waals surface area contributed by atoms with Gasteiger partial charge < -0.3 is 4.74 Å². The van der Waals surface area contributed by atoms with Crippen molar-refractivity contribution in [3.05, 3.63) is 48.6 Å². The van der Waals surface area contributed by atoms with E-state index in [0.29, 0.717) is 6.61 Å². The maximum Gasteiger partial charge on any atom is 0.325 e. The van der Waals surface area contributed by atoms with Crippen LogP contribution in [0.25, 0.3) is 0 Å². The molecule has 1 aliphatic heterocycles. The predicted molar refractivity (Wildman–Crippen MR) is 61.8 cm³/mol. The van der Waals surface area contributed by atoms with E-state index in [9.17, 15) is 4.79 Å². The molecule has 0 aliphatic carbocycles. The molecule has 1 heterocycles. The van der Waals surface area contributed by atoms with Crippen LogP contribution in [-0.2, 0) is 16.1 Å². The van der Waals surface area contributed by atoms with E-state index >= 15 is 0 Å². The van der Waals surface area contributed by atoms with Crippen molar-refractivity contribution in [2.45, 2.75) is 12.6 Å². The van der Waals surface area contributed by atoms with Crippen molar-refractivity contribution in [2.24, 2.45) is 0 Å². The lowest BCUT2D eigenvalue weighted by Gasteiger charge is -2.04. The largest absolute Gasteiger partial charge is 0.460 e. The van der Waals surface area contributed by atoms with Gasteiger partial charge in [0.1, 0.15) is 12.6 Å². The van der Waals surface area contributed by atoms with Gasteiger partial charge in [0.25, 0.3) is 0 Å². The van der Waals surface area contributed by atoms with Crippen LogP contribution in [0.5, 0.6) is 0 Å². The van der Waals surface area contributed by atoms with E-state index in [4.69, 9.17) is 4.74 Å². The minimum absolute atomic E-state index is 0.0540. The van der Waals surface area contributed by atoms with Crippen LogP contribution >= 0.6 is 0 Å². The van der Waals surface area contributed by atoms with Gasteiger partial charge >= 0.3 is 5.97 Å². The van der Waals surface area contributed by atoms with Crippen LogP contribution in [0.3, 0.4) is 0 Å². The normalized spacial score (nSPS) is 22.5. The molecule has 84 valence electrons. The van der Waals surface area contributed by atoms with E-state index < -0.39 is 0 Å². The van der Waals surface area contributed by atoms with Gasteiger partial charge in [-0.05, 0) is 5.56 Å². The van der Waals surface area contributed by atoms with Gasteiger partial charge in [-0.1, -0.05) is 36.4 Å². The first kappa shape index (κ1) is 10.9. The summed E-state index contributed by atoms with van der Waals surface area (Å²) in [4.78, 5) is 13.6. The van der Waals surface area contributed by atoms with Crippen LogP contribution in [0.2, 0.25) is 0 Å². The highest BCUT2D eigenvalue weighted by Gasteiger charge is 2.40. The van der Waals surface area contributed by atoms with E-state index in [1.807, 2.05) is 35.2 Å². The summed E-state index contributed by atoms with van der Waals surface area (Å²) in [5.41, 5.74) is 1.02. The molecule has 1 aliphatic rings. The maximum absolute atomic E-state index is 11.6. The molecule has 3 nitrogen and oxygen atoms in total. The molecule has 0 spiro atoms. The van der Waals surface area contributed by atoms with Crippen LogP contribution in [0.4, 0.5) is 0 Å². The molecule has 0 amide bonds. The Labute approximate surface area is 95.3 Å². The molecule has 1 aromatic rings. The summed E-state index contributed by atoms with van der Waals surface area (Å²) in [5, 5.41) is 0. The molecule has 0 aromatic heterocycles. The first-order chi connectivity index (χ1) is 7.81. The molecule has 3 heteroatoms. The SMILES string of the molecule is C=CCN1CC1C(=O)OCc1ccccc1. The summed E-state index contributed by atoms with van der Waals surface area (Å²) >= 11 is 0. The third kappa shape index (κ3) is 2.70. The van der Waals surface area contributed by atoms with Crippen molar-refractivity contribution in [1.82, 2.24) is 4.90 Å². The molecule has 2 rings (SSSR count). The van der Waals surface area contributed by atoms with Crippen LogP contribution in [0.15, 0.2) is 43.0 Å². The highest BCUT2D eigenvalue weighted by Crippen LogP contribution is 2.18. The van der Waals surface area contributed by atoms with Crippen molar-refractivity contribution in [1.29, 1.82) is 0 Å². The lowest BCUT2D eigenvalue weighted by atomic mass is 10.2. The van der Waals surface area contributed by atoms with Gasteiger partial charge in [0, 0.05) is 13.1 Å². The van der Waals surface area contributed by atoms with Gasteiger partial charge in [-0.15, -0.1) is 6.58 Å². The molecular formula is C13H15NO2. The first-order valence-corrected chi connectivity index (χ1v) is 5.37. The summed E-state index contributed by atoms with van der Waals surface area (Å²) < 4.78 is 5.21. The molecular weight excluding hydrogens is 202 g/mol. The Morgan fingerprint density at radius 1 is 1.50 bits per heavy atom. The minimum Gasteiger partial charge on any atom is -0.460 e. The second kappa shape index (κ2) is 4.94. The number of hydrogen-bond donors (Lipinski definition) is 0. The van der Waals surface area contributed by atoms with Gasteiger partial charge in [0.15, 0.2) is 0 Å². The Morgan fingerprint density at radius 3 is 2.94 bits per heavy atom. The zero-order chi connectivity index (χ0) is 11.4. The number of rotatable bonds is 5. The lowest BCUT2D eigenvalue weighted by Crippen LogP contribution is -2.16. The van der Waals surface area contributed by atoms with Gasteiger partial charge in [-0.2, -0.15) is 0 Å². The highest BCUT2D eigenvalue weighted by atomic mass is 16.5. The van der Waals surface area contributed by atoms with Gasteiger partial charge in [0.05, 0.1) is 0 Å². The zero-order valence-corrected chi connectivity index (χ0v) is 9.13. The highest BCUT2D eigenvalue weighted by molar-refractivity contribution is 5.79. The van der Waals surface area contributed by atoms with Gasteiger partial charge in [-0.3, -0.25) is 9.69 Å². The summed E-state index contributed by atoms with van der Waals surface area (Å²) in [6, 6.07) is 9.65. The molecule has 1 saturated heterocycles. The molecule has 16 heavy (non-hydrogen) atoms. The molecule has 0 radical (unpaired) electrons. The van der Waals surface area contributed by atoms with E-state index in [2.05, 4.69) is 6.58 Å². The Balaban J connectivity index is 1.75. The van der Waals surface area contributed by atoms with Crippen molar-refractivity contribution in [2.75, 3.05) is 13.1 Å². The Morgan fingerprint density at radius 2 is 2.25 bits per heavy atom. The number of benzene rings is 1. The molecule has 2 unspecified atom stereocenters. The predicted octanol–water partition coefficient (Wildman–Crippen LogP) is 1.60. The van der Waals surface area contributed by atoms with E-state index in [0.717, 1.165) is 18.7 Å². The number of hydrogen-bond acceptors (Lipinski definition) is 3. The summed E-state index contributed by atoms with van der Waals surface area (Å²) in [6.45, 7) is 5.54. The quantitative estimate of drug-likeness (QED) is 0.426. The van der Waals surface area contributed by atoms with Crippen molar-refractivity contribution in [3.63, 3.8) is 0 Å². The smallest absolute Gasteiger partial charge is 0.325 e. The standard InChI is InChI=1S/C13H15NO2/c1-2-8-14-9-12(14)13(15)16-10-11-6-4-3-5-7-11/h2-7,12H,1,8-10H2. The average Bonchev–Trinajstić information content (AvgIpc) is 3.07. The monoisotopic (exact) mass is 217 g/mol. The number of ether oxygens (including phenoxy) is 1. The molecule has 2 atom stereocenters. The Kier molecular flexibility index (Phi) is 3.37. The van der Waals surface area contributed by atoms with Gasteiger partial charge in [0.2, 0.25) is 0 Å². The molecule has 1 fully saturated rings. The second-order valence-corrected chi connectivity index (χ2v) is 3.85. The number of esters is 1. The molecule has 1 aromatic carbocycles. The van der Waals surface area contributed by atoms with Crippen molar-refractivity contribution < 1.29 is 9.53 Å². The first-order valence-electron chi connectivity index (χ1n) is 5.37. The fourth-order valence-electron chi connectivity index (χ4n) is 1.59. The fourth-order valence-corrected chi connectivity index (χ4v) is 1.59. The third-order valence-electron chi connectivity index (χ3n) is 2.57. The van der Waals surface area contributed by atoms with Crippen molar-refractivity contribution in [3.8, 4) is 0 Å². The van der Waals surface area contributed by atoms with E-state index in [1.165, 1.54) is 0 Å². The Hall–Kier alpha value is -1.61. The molecule has 0 N–H and O–H groups in total. The van der Waals surface area contributed by atoms with Crippen molar-refractivity contribution >= 4 is 5.97 Å². The summed E-state index contributed by atoms with van der Waals surface area (Å²) in [5.74, 6) is -0.134. The van der Waals surface area contributed by atoms with Crippen LogP contribution in [-0.4, -0.2) is 30.0 Å². The van der Waals surface area contributed by atoms with Gasteiger partial charge in [-0.25, -0.2) is 0 Å². The second-order valence-electron chi connectivity index (χ2n) is 3.85. The molecule has 0 bridgehead atoms. The fraction of sp³-hybridized carbons (Fsp3) is 0.308. The summed E-state index contributed by atoms with van der Waals surface area (Å²) in [6.07, 6.45) is 1.80. The average molecular weight is 217 g/mol. The zero-order valence-electron chi connectivity index (χ0n) is 9.13. The lowest BCUT2D eigenvalue weighted by molar-refractivity contribution is -0.145. The van der Waals surface area contributed by atoms with Crippen LogP contribution < -0.4 is 0 Å². The Bertz CT molecular complexity index is 375. The summed E-state index contributed by atoms with van der Waals surface area (Å²) in [7, 11) is 0. The van der Waals surface area contributed by atoms with E-state index in [1.54, 1.807) is 6.08 Å². The topological polar surface area (TPSA) is 29.3 Å².